The van der Waals surface area contributed by atoms with E-state index in [1.165, 1.54) is 0 Å². The summed E-state index contributed by atoms with van der Waals surface area (Å²) in [6, 6.07) is 5.54. The fraction of sp³-hybridized carbons (Fsp3) is 0.562. The smallest absolute Gasteiger partial charge is 0.380 e. The summed E-state index contributed by atoms with van der Waals surface area (Å²) in [5.74, 6) is -0.272. The van der Waals surface area contributed by atoms with Crippen LogP contribution in [0.2, 0.25) is 0 Å². The van der Waals surface area contributed by atoms with Crippen molar-refractivity contribution in [2.24, 2.45) is 0 Å². The molecule has 128 valence electrons. The quantitative estimate of drug-likeness (QED) is 0.896. The molecule has 7 heteroatoms. The SMILES string of the molecule is Cc1ccc(NC(=O)CN2CCC(O)(C(F)(F)F)CC2)cc1C. The van der Waals surface area contributed by atoms with Crippen molar-refractivity contribution in [3.63, 3.8) is 0 Å². The zero-order chi connectivity index (χ0) is 17.3. The highest BCUT2D eigenvalue weighted by Crippen LogP contribution is 2.38. The first kappa shape index (κ1) is 17.7. The fourth-order valence-corrected chi connectivity index (χ4v) is 2.59. The molecule has 0 aromatic heterocycles. The lowest BCUT2D eigenvalue weighted by Gasteiger charge is -2.38. The first-order valence-electron chi connectivity index (χ1n) is 7.49. The molecule has 0 saturated carbocycles. The molecule has 23 heavy (non-hydrogen) atoms. The summed E-state index contributed by atoms with van der Waals surface area (Å²) < 4.78 is 38.2. The molecule has 1 aliphatic heterocycles. The molecule has 1 amide bonds. The van der Waals surface area contributed by atoms with Crippen LogP contribution in [0, 0.1) is 13.8 Å². The van der Waals surface area contributed by atoms with E-state index in [-0.39, 0.29) is 25.5 Å². The number of amides is 1. The van der Waals surface area contributed by atoms with Gasteiger partial charge in [-0.3, -0.25) is 9.69 Å². The Morgan fingerprint density at radius 1 is 1.26 bits per heavy atom. The predicted molar refractivity (Wildman–Crippen MR) is 81.2 cm³/mol. The van der Waals surface area contributed by atoms with Crippen LogP contribution in [0.5, 0.6) is 0 Å². The highest BCUT2D eigenvalue weighted by atomic mass is 19.4. The summed E-state index contributed by atoms with van der Waals surface area (Å²) in [6.45, 7) is 4.00. The van der Waals surface area contributed by atoms with Gasteiger partial charge in [0.1, 0.15) is 0 Å². The number of hydrogen-bond acceptors (Lipinski definition) is 3. The van der Waals surface area contributed by atoms with Gasteiger partial charge in [-0.05, 0) is 49.9 Å². The number of nitrogens with zero attached hydrogens (tertiary/aromatic N) is 1. The number of hydrogen-bond donors (Lipinski definition) is 2. The van der Waals surface area contributed by atoms with E-state index in [9.17, 15) is 23.1 Å². The number of carbonyl (C=O) groups is 1. The molecule has 1 heterocycles. The van der Waals surface area contributed by atoms with Crippen LogP contribution in [0.1, 0.15) is 24.0 Å². The van der Waals surface area contributed by atoms with Crippen molar-refractivity contribution in [1.82, 2.24) is 4.90 Å². The number of nitrogens with one attached hydrogen (secondary N) is 1. The van der Waals surface area contributed by atoms with Crippen LogP contribution in [0.3, 0.4) is 0 Å². The predicted octanol–water partition coefficient (Wildman–Crippen LogP) is 2.63. The number of halogens is 3. The number of benzene rings is 1. The molecule has 2 N–H and O–H groups in total. The summed E-state index contributed by atoms with van der Waals surface area (Å²) in [7, 11) is 0. The molecule has 0 atom stereocenters. The van der Waals surface area contributed by atoms with E-state index in [2.05, 4.69) is 5.32 Å². The molecule has 0 unspecified atom stereocenters. The van der Waals surface area contributed by atoms with Crippen LogP contribution in [0.15, 0.2) is 18.2 Å². The second-order valence-corrected chi connectivity index (χ2v) is 6.15. The molecule has 4 nitrogen and oxygen atoms in total. The van der Waals surface area contributed by atoms with Gasteiger partial charge in [0, 0.05) is 18.8 Å². The number of aryl methyl sites for hydroxylation is 2. The molecular formula is C16H21F3N2O2. The largest absolute Gasteiger partial charge is 0.417 e. The third-order valence-electron chi connectivity index (χ3n) is 4.37. The van der Waals surface area contributed by atoms with Gasteiger partial charge in [-0.2, -0.15) is 13.2 Å². The Morgan fingerprint density at radius 3 is 2.39 bits per heavy atom. The minimum absolute atomic E-state index is 0.0147. The highest BCUT2D eigenvalue weighted by Gasteiger charge is 2.54. The van der Waals surface area contributed by atoms with Gasteiger partial charge < -0.3 is 10.4 Å². The van der Waals surface area contributed by atoms with Gasteiger partial charge in [0.2, 0.25) is 5.91 Å². The van der Waals surface area contributed by atoms with Gasteiger partial charge in [0.25, 0.3) is 0 Å². The van der Waals surface area contributed by atoms with E-state index >= 15 is 0 Å². The Hall–Kier alpha value is -1.60. The molecule has 0 radical (unpaired) electrons. The molecule has 1 saturated heterocycles. The van der Waals surface area contributed by atoms with Crippen molar-refractivity contribution in [2.75, 3.05) is 25.0 Å². The van der Waals surface area contributed by atoms with Crippen molar-refractivity contribution < 1.29 is 23.1 Å². The molecule has 0 spiro atoms. The van der Waals surface area contributed by atoms with E-state index in [1.807, 2.05) is 26.0 Å². The van der Waals surface area contributed by atoms with Gasteiger partial charge in [-0.25, -0.2) is 0 Å². The van der Waals surface area contributed by atoms with Crippen molar-refractivity contribution in [2.45, 2.75) is 38.5 Å². The Bertz CT molecular complexity index is 579. The maximum absolute atomic E-state index is 12.7. The van der Waals surface area contributed by atoms with Gasteiger partial charge >= 0.3 is 6.18 Å². The lowest BCUT2D eigenvalue weighted by atomic mass is 9.91. The molecule has 2 rings (SSSR count). The molecule has 1 aliphatic rings. The summed E-state index contributed by atoms with van der Waals surface area (Å²) in [6.07, 6.45) is -5.44. The average molecular weight is 330 g/mol. The first-order valence-corrected chi connectivity index (χ1v) is 7.49. The number of likely N-dealkylation sites (tertiary alicyclic amines) is 1. The van der Waals surface area contributed by atoms with E-state index in [0.717, 1.165) is 11.1 Å². The van der Waals surface area contributed by atoms with E-state index in [0.29, 0.717) is 5.69 Å². The van der Waals surface area contributed by atoms with Crippen LogP contribution in [-0.4, -0.2) is 47.3 Å². The fourth-order valence-electron chi connectivity index (χ4n) is 2.59. The maximum atomic E-state index is 12.7. The van der Waals surface area contributed by atoms with Crippen LogP contribution in [-0.2, 0) is 4.79 Å². The minimum atomic E-state index is -4.62. The number of aliphatic hydroxyl groups is 1. The summed E-state index contributed by atoms with van der Waals surface area (Å²) >= 11 is 0. The summed E-state index contributed by atoms with van der Waals surface area (Å²) in [5, 5.41) is 12.3. The van der Waals surface area contributed by atoms with Crippen molar-refractivity contribution in [3.05, 3.63) is 29.3 Å². The summed E-state index contributed by atoms with van der Waals surface area (Å²) in [5.41, 5.74) is 0.206. The molecule has 0 aliphatic carbocycles. The average Bonchev–Trinajstić information content (AvgIpc) is 2.44. The Balaban J connectivity index is 1.86. The van der Waals surface area contributed by atoms with Crippen LogP contribution in [0.25, 0.3) is 0 Å². The van der Waals surface area contributed by atoms with Crippen LogP contribution >= 0.6 is 0 Å². The number of alkyl halides is 3. The zero-order valence-corrected chi connectivity index (χ0v) is 13.2. The lowest BCUT2D eigenvalue weighted by Crippen LogP contribution is -2.54. The molecular weight excluding hydrogens is 309 g/mol. The zero-order valence-electron chi connectivity index (χ0n) is 13.2. The van der Waals surface area contributed by atoms with Gasteiger partial charge in [0.15, 0.2) is 5.60 Å². The van der Waals surface area contributed by atoms with Gasteiger partial charge in [-0.1, -0.05) is 6.07 Å². The second-order valence-electron chi connectivity index (χ2n) is 6.15. The second kappa shape index (κ2) is 6.49. The molecule has 1 fully saturated rings. The van der Waals surface area contributed by atoms with Gasteiger partial charge in [-0.15, -0.1) is 0 Å². The van der Waals surface area contributed by atoms with Crippen molar-refractivity contribution in [1.29, 1.82) is 0 Å². The Morgan fingerprint density at radius 2 is 1.87 bits per heavy atom. The van der Waals surface area contributed by atoms with Crippen LogP contribution in [0.4, 0.5) is 18.9 Å². The topological polar surface area (TPSA) is 52.6 Å². The van der Waals surface area contributed by atoms with E-state index in [4.69, 9.17) is 0 Å². The minimum Gasteiger partial charge on any atom is -0.380 e. The van der Waals surface area contributed by atoms with Gasteiger partial charge in [0.05, 0.1) is 6.54 Å². The number of rotatable bonds is 3. The first-order chi connectivity index (χ1) is 10.6. The summed E-state index contributed by atoms with van der Waals surface area (Å²) in [4.78, 5) is 13.6. The Kier molecular flexibility index (Phi) is 5.01. The maximum Gasteiger partial charge on any atom is 0.417 e. The normalized spacial score (nSPS) is 18.7. The number of carbonyl (C=O) groups excluding carboxylic acids is 1. The van der Waals surface area contributed by atoms with E-state index in [1.54, 1.807) is 11.0 Å². The van der Waals surface area contributed by atoms with Crippen molar-refractivity contribution in [3.8, 4) is 0 Å². The number of anilines is 1. The third-order valence-corrected chi connectivity index (χ3v) is 4.37. The molecule has 1 aromatic carbocycles. The van der Waals surface area contributed by atoms with Crippen molar-refractivity contribution >= 4 is 11.6 Å². The Labute approximate surface area is 133 Å². The van der Waals surface area contributed by atoms with E-state index < -0.39 is 24.6 Å². The lowest BCUT2D eigenvalue weighted by molar-refractivity contribution is -0.272. The number of piperidine rings is 1. The standard InChI is InChI=1S/C16H21F3N2O2/c1-11-3-4-13(9-12(11)2)20-14(22)10-21-7-5-15(23,6-8-21)16(17,18)19/h3-4,9,23H,5-8,10H2,1-2H3,(H,20,22). The van der Waals surface area contributed by atoms with Crippen LogP contribution < -0.4 is 5.32 Å². The highest BCUT2D eigenvalue weighted by molar-refractivity contribution is 5.92. The third kappa shape index (κ3) is 4.23. The monoisotopic (exact) mass is 330 g/mol. The molecule has 0 bridgehead atoms. The molecule has 1 aromatic rings.